The maximum absolute atomic E-state index is 14.0. The van der Waals surface area contributed by atoms with Crippen LogP contribution < -0.4 is 10.0 Å². The van der Waals surface area contributed by atoms with Crippen LogP contribution in [0.5, 0.6) is 0 Å². The van der Waals surface area contributed by atoms with Crippen molar-refractivity contribution in [2.75, 3.05) is 17.4 Å². The zero-order chi connectivity index (χ0) is 15.3. The molecule has 0 aromatic heterocycles. The van der Waals surface area contributed by atoms with Gasteiger partial charge in [-0.3, -0.25) is 4.31 Å². The van der Waals surface area contributed by atoms with Crippen molar-refractivity contribution >= 4 is 15.7 Å². The highest BCUT2D eigenvalue weighted by atomic mass is 32.2. The molecule has 0 saturated heterocycles. The Bertz CT molecular complexity index is 690. The van der Waals surface area contributed by atoms with Gasteiger partial charge in [-0.2, -0.15) is 0 Å². The standard InChI is InChI=1S/C15H17FN2O2S/c16-14-9-4-5-10-15(14)18(12-6-11-17)21(19,20)13-7-2-1-3-8-13/h1-5,7-10H,6,11-12,17H2. The third kappa shape index (κ3) is 3.40. The Labute approximate surface area is 124 Å². The average Bonchev–Trinajstić information content (AvgIpc) is 2.50. The molecule has 0 heterocycles. The molecular weight excluding hydrogens is 291 g/mol. The van der Waals surface area contributed by atoms with Crippen LogP contribution in [0.25, 0.3) is 0 Å². The summed E-state index contributed by atoms with van der Waals surface area (Å²) in [6.45, 7) is 0.462. The van der Waals surface area contributed by atoms with E-state index in [9.17, 15) is 12.8 Å². The average molecular weight is 308 g/mol. The second-order valence-corrected chi connectivity index (χ2v) is 6.35. The van der Waals surface area contributed by atoms with Crippen molar-refractivity contribution in [1.29, 1.82) is 0 Å². The van der Waals surface area contributed by atoms with Crippen LogP contribution in [-0.2, 0) is 10.0 Å². The highest BCUT2D eigenvalue weighted by Crippen LogP contribution is 2.26. The minimum Gasteiger partial charge on any atom is -0.330 e. The Hall–Kier alpha value is -1.92. The Morgan fingerprint density at radius 3 is 2.24 bits per heavy atom. The van der Waals surface area contributed by atoms with Crippen LogP contribution in [0.3, 0.4) is 0 Å². The molecule has 0 aliphatic heterocycles. The molecule has 6 heteroatoms. The van der Waals surface area contributed by atoms with E-state index in [0.29, 0.717) is 13.0 Å². The number of hydrogen-bond donors (Lipinski definition) is 1. The Balaban J connectivity index is 2.48. The summed E-state index contributed by atoms with van der Waals surface area (Å²) < 4.78 is 40.5. The van der Waals surface area contributed by atoms with Gasteiger partial charge < -0.3 is 5.73 Å². The fourth-order valence-electron chi connectivity index (χ4n) is 1.98. The van der Waals surface area contributed by atoms with Crippen molar-refractivity contribution in [3.8, 4) is 0 Å². The van der Waals surface area contributed by atoms with Crippen molar-refractivity contribution in [3.63, 3.8) is 0 Å². The Morgan fingerprint density at radius 2 is 1.62 bits per heavy atom. The van der Waals surface area contributed by atoms with E-state index in [0.717, 1.165) is 4.31 Å². The van der Waals surface area contributed by atoms with Crippen molar-refractivity contribution in [2.45, 2.75) is 11.3 Å². The first-order valence-electron chi connectivity index (χ1n) is 6.60. The zero-order valence-electron chi connectivity index (χ0n) is 11.4. The van der Waals surface area contributed by atoms with Crippen LogP contribution in [0.2, 0.25) is 0 Å². The monoisotopic (exact) mass is 308 g/mol. The maximum Gasteiger partial charge on any atom is 0.264 e. The molecule has 0 aliphatic rings. The number of anilines is 1. The van der Waals surface area contributed by atoms with E-state index in [4.69, 9.17) is 5.73 Å². The molecule has 0 saturated carbocycles. The molecule has 0 aliphatic carbocycles. The summed E-state index contributed by atoms with van der Waals surface area (Å²) in [5.74, 6) is -0.575. The van der Waals surface area contributed by atoms with E-state index < -0.39 is 15.8 Å². The summed E-state index contributed by atoms with van der Waals surface area (Å²) in [6.07, 6.45) is 0.445. The second kappa shape index (κ2) is 6.69. The zero-order valence-corrected chi connectivity index (χ0v) is 12.3. The lowest BCUT2D eigenvalue weighted by molar-refractivity contribution is 0.583. The summed E-state index contributed by atoms with van der Waals surface area (Å²) in [5.41, 5.74) is 5.50. The topological polar surface area (TPSA) is 63.4 Å². The van der Waals surface area contributed by atoms with Crippen molar-refractivity contribution in [1.82, 2.24) is 0 Å². The summed E-state index contributed by atoms with van der Waals surface area (Å²) in [5, 5.41) is 0. The summed E-state index contributed by atoms with van der Waals surface area (Å²) >= 11 is 0. The molecule has 0 unspecified atom stereocenters. The van der Waals surface area contributed by atoms with Gasteiger partial charge in [-0.05, 0) is 37.2 Å². The fraction of sp³-hybridized carbons (Fsp3) is 0.200. The molecule has 112 valence electrons. The number of para-hydroxylation sites is 1. The quantitative estimate of drug-likeness (QED) is 0.891. The Morgan fingerprint density at radius 1 is 1.00 bits per heavy atom. The predicted molar refractivity (Wildman–Crippen MR) is 81.0 cm³/mol. The third-order valence-corrected chi connectivity index (χ3v) is 4.85. The van der Waals surface area contributed by atoms with E-state index in [-0.39, 0.29) is 17.1 Å². The van der Waals surface area contributed by atoms with Gasteiger partial charge >= 0.3 is 0 Å². The van der Waals surface area contributed by atoms with E-state index in [1.165, 1.54) is 30.3 Å². The predicted octanol–water partition coefficient (Wildman–Crippen LogP) is 2.37. The first-order valence-corrected chi connectivity index (χ1v) is 8.04. The summed E-state index contributed by atoms with van der Waals surface area (Å²) in [7, 11) is -3.81. The SMILES string of the molecule is NCCCN(c1ccccc1F)S(=O)(=O)c1ccccc1. The van der Waals surface area contributed by atoms with Gasteiger partial charge in [0.1, 0.15) is 5.82 Å². The normalized spacial score (nSPS) is 11.3. The lowest BCUT2D eigenvalue weighted by atomic mass is 10.3. The molecule has 0 atom stereocenters. The lowest BCUT2D eigenvalue weighted by Crippen LogP contribution is -2.33. The molecule has 2 aromatic rings. The van der Waals surface area contributed by atoms with Crippen LogP contribution >= 0.6 is 0 Å². The van der Waals surface area contributed by atoms with Gasteiger partial charge in [0.05, 0.1) is 10.6 Å². The molecule has 4 nitrogen and oxygen atoms in total. The smallest absolute Gasteiger partial charge is 0.264 e. The minimum absolute atomic E-state index is 0.0369. The Kier molecular flexibility index (Phi) is 4.93. The molecule has 21 heavy (non-hydrogen) atoms. The fourth-order valence-corrected chi connectivity index (χ4v) is 3.51. The molecular formula is C15H17FN2O2S. The second-order valence-electron chi connectivity index (χ2n) is 4.48. The number of nitrogens with two attached hydrogens (primary N) is 1. The van der Waals surface area contributed by atoms with Gasteiger partial charge in [0.2, 0.25) is 0 Å². The van der Waals surface area contributed by atoms with Crippen LogP contribution in [0.1, 0.15) is 6.42 Å². The van der Waals surface area contributed by atoms with E-state index in [1.807, 2.05) is 0 Å². The molecule has 0 amide bonds. The third-order valence-electron chi connectivity index (χ3n) is 3.02. The number of hydrogen-bond acceptors (Lipinski definition) is 3. The van der Waals surface area contributed by atoms with Crippen molar-refractivity contribution in [3.05, 3.63) is 60.4 Å². The molecule has 0 bridgehead atoms. The van der Waals surface area contributed by atoms with E-state index in [2.05, 4.69) is 0 Å². The first kappa shape index (κ1) is 15.5. The number of benzene rings is 2. The number of rotatable bonds is 6. The van der Waals surface area contributed by atoms with Gasteiger partial charge in [-0.15, -0.1) is 0 Å². The highest BCUT2D eigenvalue weighted by Gasteiger charge is 2.26. The van der Waals surface area contributed by atoms with Gasteiger partial charge in [-0.1, -0.05) is 30.3 Å². The summed E-state index contributed by atoms with van der Waals surface area (Å²) in [4.78, 5) is 0.130. The largest absolute Gasteiger partial charge is 0.330 e. The minimum atomic E-state index is -3.81. The van der Waals surface area contributed by atoms with Gasteiger partial charge in [-0.25, -0.2) is 12.8 Å². The van der Waals surface area contributed by atoms with Gasteiger partial charge in [0.25, 0.3) is 10.0 Å². The molecule has 0 spiro atoms. The van der Waals surface area contributed by atoms with Crippen LogP contribution in [0.15, 0.2) is 59.5 Å². The highest BCUT2D eigenvalue weighted by molar-refractivity contribution is 7.92. The van der Waals surface area contributed by atoms with Crippen LogP contribution in [0.4, 0.5) is 10.1 Å². The number of sulfonamides is 1. The molecule has 2 N–H and O–H groups in total. The molecule has 0 radical (unpaired) electrons. The lowest BCUT2D eigenvalue weighted by Gasteiger charge is -2.24. The van der Waals surface area contributed by atoms with E-state index >= 15 is 0 Å². The molecule has 0 fully saturated rings. The number of halogens is 1. The van der Waals surface area contributed by atoms with Crippen molar-refractivity contribution < 1.29 is 12.8 Å². The van der Waals surface area contributed by atoms with Crippen LogP contribution in [0, 0.1) is 5.82 Å². The van der Waals surface area contributed by atoms with Crippen LogP contribution in [-0.4, -0.2) is 21.5 Å². The summed E-state index contributed by atoms with van der Waals surface area (Å²) in [6, 6.07) is 13.8. The molecule has 2 rings (SSSR count). The van der Waals surface area contributed by atoms with Gasteiger partial charge in [0, 0.05) is 6.54 Å². The molecule has 2 aromatic carbocycles. The first-order chi connectivity index (χ1) is 10.1. The maximum atomic E-state index is 14.0. The number of nitrogens with zero attached hydrogens (tertiary/aromatic N) is 1. The van der Waals surface area contributed by atoms with E-state index in [1.54, 1.807) is 24.3 Å². The van der Waals surface area contributed by atoms with Crippen molar-refractivity contribution in [2.24, 2.45) is 5.73 Å². The van der Waals surface area contributed by atoms with Gasteiger partial charge in [0.15, 0.2) is 0 Å².